The zero-order valence-electron chi connectivity index (χ0n) is 16.6. The highest BCUT2D eigenvalue weighted by atomic mass is 19.4. The molecule has 0 saturated heterocycles. The highest BCUT2D eigenvalue weighted by Crippen LogP contribution is 2.37. The topological polar surface area (TPSA) is 73.0 Å². The summed E-state index contributed by atoms with van der Waals surface area (Å²) in [6, 6.07) is 2.17. The molecule has 0 atom stereocenters. The minimum Gasteiger partial charge on any atom is -0.350 e. The lowest BCUT2D eigenvalue weighted by molar-refractivity contribution is -0.186. The molecule has 1 aliphatic carbocycles. The Balaban J connectivity index is 1.44. The molecular formula is C20H26F3N5O. The monoisotopic (exact) mass is 409 g/mol. The first-order valence-electron chi connectivity index (χ1n) is 10.00. The number of carbonyl (C=O) groups excluding carboxylic acids is 1. The second-order valence-electron chi connectivity index (χ2n) is 8.57. The highest BCUT2D eigenvalue weighted by Gasteiger charge is 2.47. The molecule has 6 nitrogen and oxygen atoms in total. The quantitative estimate of drug-likeness (QED) is 0.722. The molecule has 1 amide bonds. The summed E-state index contributed by atoms with van der Waals surface area (Å²) in [4.78, 5) is 21.9. The molecule has 1 aliphatic heterocycles. The van der Waals surface area contributed by atoms with Crippen LogP contribution in [0.2, 0.25) is 0 Å². The number of halogens is 3. The second kappa shape index (κ2) is 7.19. The van der Waals surface area contributed by atoms with E-state index in [1.165, 1.54) is 13.8 Å². The fourth-order valence-corrected chi connectivity index (χ4v) is 4.27. The van der Waals surface area contributed by atoms with Gasteiger partial charge in [-0.15, -0.1) is 0 Å². The van der Waals surface area contributed by atoms with Gasteiger partial charge in [-0.05, 0) is 58.1 Å². The molecule has 29 heavy (non-hydrogen) atoms. The zero-order chi connectivity index (χ0) is 20.8. The molecular weight excluding hydrogens is 383 g/mol. The number of pyridine rings is 1. The Kier molecular flexibility index (Phi) is 4.96. The van der Waals surface area contributed by atoms with Crippen LogP contribution in [0, 0.1) is 5.92 Å². The first kappa shape index (κ1) is 20.0. The Morgan fingerprint density at radius 3 is 2.66 bits per heavy atom. The molecule has 3 N–H and O–H groups in total. The first-order valence-corrected chi connectivity index (χ1v) is 10.00. The van der Waals surface area contributed by atoms with Crippen LogP contribution in [0.1, 0.15) is 49.9 Å². The number of nitrogens with zero attached hydrogens (tertiary/aromatic N) is 2. The summed E-state index contributed by atoms with van der Waals surface area (Å²) in [6.45, 7) is 3.16. The van der Waals surface area contributed by atoms with Gasteiger partial charge in [0.25, 0.3) is 5.91 Å². The van der Waals surface area contributed by atoms with Crippen molar-refractivity contribution in [3.05, 3.63) is 24.0 Å². The van der Waals surface area contributed by atoms with Crippen molar-refractivity contribution >= 4 is 22.6 Å². The number of carbonyl (C=O) groups is 1. The van der Waals surface area contributed by atoms with Crippen LogP contribution in [0.15, 0.2) is 18.5 Å². The summed E-state index contributed by atoms with van der Waals surface area (Å²) < 4.78 is 39.2. The van der Waals surface area contributed by atoms with Gasteiger partial charge in [-0.1, -0.05) is 0 Å². The van der Waals surface area contributed by atoms with Crippen molar-refractivity contribution in [3.8, 4) is 0 Å². The number of aromatic nitrogens is 2. The number of hydrogen-bond donors (Lipinski definition) is 3. The first-order chi connectivity index (χ1) is 13.7. The molecule has 4 rings (SSSR count). The third-order valence-corrected chi connectivity index (χ3v) is 6.30. The summed E-state index contributed by atoms with van der Waals surface area (Å²) in [5.74, 6) is 0.0931. The maximum Gasteiger partial charge on any atom is 0.406 e. The van der Waals surface area contributed by atoms with Crippen LogP contribution in [0.5, 0.6) is 0 Å². The number of hydrogen-bond acceptors (Lipinski definition) is 4. The Morgan fingerprint density at radius 2 is 1.97 bits per heavy atom. The fourth-order valence-electron chi connectivity index (χ4n) is 4.27. The van der Waals surface area contributed by atoms with E-state index in [-0.39, 0.29) is 17.9 Å². The van der Waals surface area contributed by atoms with Crippen LogP contribution in [0.25, 0.3) is 11.0 Å². The smallest absolute Gasteiger partial charge is 0.350 e. The normalized spacial score (nSPS) is 23.2. The van der Waals surface area contributed by atoms with Gasteiger partial charge in [0.1, 0.15) is 11.2 Å². The van der Waals surface area contributed by atoms with Crippen molar-refractivity contribution in [1.82, 2.24) is 20.6 Å². The van der Waals surface area contributed by atoms with E-state index < -0.39 is 11.7 Å². The van der Waals surface area contributed by atoms with E-state index in [9.17, 15) is 18.0 Å². The van der Waals surface area contributed by atoms with Crippen molar-refractivity contribution < 1.29 is 18.0 Å². The molecule has 0 aromatic carbocycles. The van der Waals surface area contributed by atoms with Gasteiger partial charge in [-0.3, -0.25) is 4.79 Å². The molecule has 3 heterocycles. The van der Waals surface area contributed by atoms with Crippen LogP contribution in [-0.2, 0) is 0 Å². The SMILES string of the molecule is CC(C)(NC[C@H]1CC[C@H](N2CNC(=O)c3cnc4[nH]ccc4c32)CC1)C(F)(F)F. The number of fused-ring (bicyclic) bond motifs is 3. The predicted molar refractivity (Wildman–Crippen MR) is 105 cm³/mol. The summed E-state index contributed by atoms with van der Waals surface area (Å²) in [5.41, 5.74) is 0.335. The van der Waals surface area contributed by atoms with Crippen LogP contribution in [0.4, 0.5) is 18.9 Å². The van der Waals surface area contributed by atoms with Crippen LogP contribution < -0.4 is 15.5 Å². The van der Waals surface area contributed by atoms with E-state index in [1.807, 2.05) is 12.3 Å². The molecule has 2 aromatic rings. The van der Waals surface area contributed by atoms with Crippen molar-refractivity contribution in [3.63, 3.8) is 0 Å². The van der Waals surface area contributed by atoms with Gasteiger partial charge in [0.15, 0.2) is 0 Å². The van der Waals surface area contributed by atoms with Gasteiger partial charge in [0.05, 0.1) is 17.9 Å². The van der Waals surface area contributed by atoms with Crippen LogP contribution in [-0.4, -0.2) is 46.8 Å². The van der Waals surface area contributed by atoms with Gasteiger partial charge in [-0.25, -0.2) is 4.98 Å². The number of anilines is 1. The van der Waals surface area contributed by atoms with E-state index in [0.717, 1.165) is 42.4 Å². The van der Waals surface area contributed by atoms with Gasteiger partial charge >= 0.3 is 6.18 Å². The average molecular weight is 409 g/mol. The van der Waals surface area contributed by atoms with Crippen molar-refractivity contribution in [2.24, 2.45) is 5.92 Å². The maximum absolute atomic E-state index is 13.1. The lowest BCUT2D eigenvalue weighted by Crippen LogP contribution is -2.54. The van der Waals surface area contributed by atoms with E-state index in [0.29, 0.717) is 18.8 Å². The lowest BCUT2D eigenvalue weighted by Gasteiger charge is -2.41. The largest absolute Gasteiger partial charge is 0.406 e. The van der Waals surface area contributed by atoms with E-state index in [4.69, 9.17) is 0 Å². The number of rotatable bonds is 4. The average Bonchev–Trinajstić information content (AvgIpc) is 3.15. The number of aromatic amines is 1. The highest BCUT2D eigenvalue weighted by molar-refractivity contribution is 6.08. The Labute approximate surface area is 167 Å². The Bertz CT molecular complexity index is 899. The summed E-state index contributed by atoms with van der Waals surface area (Å²) in [6.07, 6.45) is 2.61. The van der Waals surface area contributed by atoms with Crippen molar-refractivity contribution in [2.75, 3.05) is 18.1 Å². The van der Waals surface area contributed by atoms with E-state index >= 15 is 0 Å². The zero-order valence-corrected chi connectivity index (χ0v) is 16.6. The number of alkyl halides is 3. The standard InChI is InChI=1S/C20H26F3N5O/c1-19(2,20(21,22)23)27-9-12-3-5-13(6-4-12)28-11-26-18(29)15-10-25-17-14(16(15)28)7-8-24-17/h7-8,10,12-13,27H,3-6,9,11H2,1-2H3,(H,24,25)(H,26,29)/t12-,13-. The van der Waals surface area contributed by atoms with E-state index in [2.05, 4.69) is 25.5 Å². The summed E-state index contributed by atoms with van der Waals surface area (Å²) >= 11 is 0. The molecule has 0 radical (unpaired) electrons. The molecule has 9 heteroatoms. The fraction of sp³-hybridized carbons (Fsp3) is 0.600. The molecule has 158 valence electrons. The van der Waals surface area contributed by atoms with Gasteiger partial charge in [0, 0.05) is 23.8 Å². The Hall–Kier alpha value is -2.29. The molecule has 2 aromatic heterocycles. The molecule has 0 unspecified atom stereocenters. The molecule has 0 bridgehead atoms. The van der Waals surface area contributed by atoms with E-state index in [1.54, 1.807) is 6.20 Å². The minimum absolute atomic E-state index is 0.126. The summed E-state index contributed by atoms with van der Waals surface area (Å²) in [5, 5.41) is 6.54. The van der Waals surface area contributed by atoms with Crippen molar-refractivity contribution in [1.29, 1.82) is 0 Å². The molecule has 2 aliphatic rings. The van der Waals surface area contributed by atoms with Gasteiger partial charge < -0.3 is 20.5 Å². The minimum atomic E-state index is -4.27. The number of amides is 1. The second-order valence-corrected chi connectivity index (χ2v) is 8.57. The van der Waals surface area contributed by atoms with Crippen LogP contribution >= 0.6 is 0 Å². The number of H-pyrrole nitrogens is 1. The predicted octanol–water partition coefficient (Wildman–Crippen LogP) is 3.56. The molecule has 1 saturated carbocycles. The molecule has 1 fully saturated rings. The number of nitrogens with one attached hydrogen (secondary N) is 3. The van der Waals surface area contributed by atoms with Gasteiger partial charge in [0.2, 0.25) is 0 Å². The summed E-state index contributed by atoms with van der Waals surface area (Å²) in [7, 11) is 0. The van der Waals surface area contributed by atoms with Crippen molar-refractivity contribution in [2.45, 2.75) is 57.3 Å². The third kappa shape index (κ3) is 3.68. The van der Waals surface area contributed by atoms with Crippen LogP contribution in [0.3, 0.4) is 0 Å². The van der Waals surface area contributed by atoms with Gasteiger partial charge in [-0.2, -0.15) is 13.2 Å². The molecule has 0 spiro atoms. The maximum atomic E-state index is 13.1. The lowest BCUT2D eigenvalue weighted by atomic mass is 9.84. The third-order valence-electron chi connectivity index (χ3n) is 6.30. The Morgan fingerprint density at radius 1 is 1.24 bits per heavy atom.